The third-order valence-electron chi connectivity index (χ3n) is 4.21. The molecular formula is C14H19N2O7P. The Morgan fingerprint density at radius 3 is 2.58 bits per heavy atom. The van der Waals surface area contributed by atoms with E-state index in [4.69, 9.17) is 14.5 Å². The van der Waals surface area contributed by atoms with Gasteiger partial charge in [0.2, 0.25) is 0 Å². The van der Waals surface area contributed by atoms with Gasteiger partial charge in [-0.2, -0.15) is 0 Å². The predicted molar refractivity (Wildman–Crippen MR) is 83.1 cm³/mol. The highest BCUT2D eigenvalue weighted by atomic mass is 31.2. The van der Waals surface area contributed by atoms with E-state index < -0.39 is 39.0 Å². The molecule has 1 aromatic heterocycles. The molecular weight excluding hydrogens is 339 g/mol. The van der Waals surface area contributed by atoms with Crippen LogP contribution in [0.15, 0.2) is 18.5 Å². The van der Waals surface area contributed by atoms with E-state index >= 15 is 0 Å². The normalized spacial score (nSPS) is 27.9. The third kappa shape index (κ3) is 3.25. The maximum absolute atomic E-state index is 10.8. The molecule has 4 N–H and O–H groups in total. The molecule has 2 heterocycles. The lowest BCUT2D eigenvalue weighted by atomic mass is 10.1. The average Bonchev–Trinajstić information content (AvgIpc) is 3.00. The molecule has 0 aliphatic carbocycles. The topological polar surface area (TPSA) is 134 Å². The minimum absolute atomic E-state index is 0.538. The zero-order chi connectivity index (χ0) is 17.6. The maximum atomic E-state index is 10.8. The van der Waals surface area contributed by atoms with Crippen LogP contribution < -0.4 is 0 Å². The van der Waals surface area contributed by atoms with E-state index in [0.29, 0.717) is 0 Å². The summed E-state index contributed by atoms with van der Waals surface area (Å²) in [5, 5.41) is 20.3. The van der Waals surface area contributed by atoms with Gasteiger partial charge in [0.15, 0.2) is 6.23 Å². The number of fused-ring (bicyclic) bond motifs is 1. The Hall–Kier alpha value is -1.32. The van der Waals surface area contributed by atoms with Crippen LogP contribution in [0.25, 0.3) is 11.0 Å². The zero-order valence-corrected chi connectivity index (χ0v) is 14.0. The van der Waals surface area contributed by atoms with Gasteiger partial charge in [-0.1, -0.05) is 0 Å². The van der Waals surface area contributed by atoms with Gasteiger partial charge in [-0.15, -0.1) is 0 Å². The largest absolute Gasteiger partial charge is 0.469 e. The lowest BCUT2D eigenvalue weighted by Gasteiger charge is -2.17. The number of phosphoric acid groups is 1. The van der Waals surface area contributed by atoms with Crippen molar-refractivity contribution in [2.75, 3.05) is 6.61 Å². The fourth-order valence-corrected chi connectivity index (χ4v) is 3.09. The molecule has 1 aliphatic heterocycles. The van der Waals surface area contributed by atoms with Gasteiger partial charge in [0.05, 0.1) is 24.0 Å². The molecule has 9 nitrogen and oxygen atoms in total. The van der Waals surface area contributed by atoms with Gasteiger partial charge < -0.3 is 29.3 Å². The van der Waals surface area contributed by atoms with E-state index in [1.807, 2.05) is 26.0 Å². The van der Waals surface area contributed by atoms with E-state index in [9.17, 15) is 14.8 Å². The number of aliphatic hydroxyl groups is 2. The fourth-order valence-electron chi connectivity index (χ4n) is 2.75. The molecule has 0 bridgehead atoms. The summed E-state index contributed by atoms with van der Waals surface area (Å²) in [6, 6.07) is 3.81. The number of nitrogens with zero attached hydrogens (tertiary/aromatic N) is 2. The molecule has 3 rings (SSSR count). The number of benzene rings is 1. The van der Waals surface area contributed by atoms with Crippen LogP contribution in [0.1, 0.15) is 17.4 Å². The summed E-state index contributed by atoms with van der Waals surface area (Å²) in [6.07, 6.45) is -3.13. The van der Waals surface area contributed by atoms with Crippen molar-refractivity contribution in [1.82, 2.24) is 9.55 Å². The van der Waals surface area contributed by atoms with Crippen molar-refractivity contribution < 1.29 is 33.8 Å². The number of hydrogen-bond donors (Lipinski definition) is 4. The lowest BCUT2D eigenvalue weighted by molar-refractivity contribution is -0.0501. The monoisotopic (exact) mass is 358 g/mol. The Kier molecular flexibility index (Phi) is 4.52. The molecule has 1 aliphatic rings. The van der Waals surface area contributed by atoms with E-state index in [1.54, 1.807) is 4.57 Å². The first-order valence-corrected chi connectivity index (χ1v) is 8.86. The number of aryl methyl sites for hydroxylation is 2. The number of aromatic nitrogens is 2. The summed E-state index contributed by atoms with van der Waals surface area (Å²) in [4.78, 5) is 21.8. The van der Waals surface area contributed by atoms with Crippen molar-refractivity contribution in [1.29, 1.82) is 0 Å². The number of hydrogen-bond acceptors (Lipinski definition) is 6. The molecule has 0 radical (unpaired) electrons. The second-order valence-corrected chi connectivity index (χ2v) is 7.15. The Bertz CT molecular complexity index is 802. The highest BCUT2D eigenvalue weighted by Gasteiger charge is 2.44. The number of imidazole rings is 1. The van der Waals surface area contributed by atoms with Gasteiger partial charge in [0, 0.05) is 0 Å². The molecule has 1 aromatic carbocycles. The second kappa shape index (κ2) is 6.20. The molecule has 10 heteroatoms. The molecule has 0 amide bonds. The predicted octanol–water partition coefficient (Wildman–Crippen LogP) is 0.382. The van der Waals surface area contributed by atoms with Crippen LogP contribution >= 0.6 is 7.82 Å². The lowest BCUT2D eigenvalue weighted by Crippen LogP contribution is -2.33. The maximum Gasteiger partial charge on any atom is 0.469 e. The molecule has 2 aromatic rings. The Morgan fingerprint density at radius 1 is 1.25 bits per heavy atom. The molecule has 1 fully saturated rings. The Balaban J connectivity index is 1.87. The Labute approximate surface area is 137 Å². The number of rotatable bonds is 4. The van der Waals surface area contributed by atoms with Crippen LogP contribution in [0, 0.1) is 13.8 Å². The highest BCUT2D eigenvalue weighted by Crippen LogP contribution is 2.39. The smallest absolute Gasteiger partial charge is 0.387 e. The van der Waals surface area contributed by atoms with Gasteiger partial charge in [-0.05, 0) is 37.1 Å². The standard InChI is InChI=1S/C14H19N2O7P/c1-7-3-9-10(4-8(7)2)16(6-15-9)14-13(18)12(17)11(23-14)5-22-24(19,20)21/h3-4,6,11-14,17-18H,5H2,1-2H3,(H2,19,20,21)/t11-,12-,13-,14+/m1/s1. The van der Waals surface area contributed by atoms with E-state index in [2.05, 4.69) is 9.51 Å². The number of aliphatic hydroxyl groups excluding tert-OH is 2. The van der Waals surface area contributed by atoms with E-state index in [-0.39, 0.29) is 0 Å². The zero-order valence-electron chi connectivity index (χ0n) is 13.1. The quantitative estimate of drug-likeness (QED) is 0.577. The second-order valence-electron chi connectivity index (χ2n) is 5.91. The van der Waals surface area contributed by atoms with Gasteiger partial charge in [0.1, 0.15) is 18.3 Å². The fraction of sp³-hybridized carbons (Fsp3) is 0.500. The van der Waals surface area contributed by atoms with Crippen LogP contribution in [-0.2, 0) is 13.8 Å². The highest BCUT2D eigenvalue weighted by molar-refractivity contribution is 7.46. The molecule has 24 heavy (non-hydrogen) atoms. The third-order valence-corrected chi connectivity index (χ3v) is 4.69. The summed E-state index contributed by atoms with van der Waals surface area (Å²) in [5.41, 5.74) is 3.57. The van der Waals surface area contributed by atoms with Gasteiger partial charge in [0.25, 0.3) is 0 Å². The van der Waals surface area contributed by atoms with Crippen LogP contribution in [0.5, 0.6) is 0 Å². The summed E-state index contributed by atoms with van der Waals surface area (Å²) >= 11 is 0. The van der Waals surface area contributed by atoms with Crippen LogP contribution in [-0.4, -0.2) is 54.5 Å². The summed E-state index contributed by atoms with van der Waals surface area (Å²) in [5.74, 6) is 0. The van der Waals surface area contributed by atoms with Crippen LogP contribution in [0.2, 0.25) is 0 Å². The molecule has 4 atom stereocenters. The van der Waals surface area contributed by atoms with Crippen LogP contribution in [0.4, 0.5) is 0 Å². The minimum Gasteiger partial charge on any atom is -0.387 e. The van der Waals surface area contributed by atoms with E-state index in [0.717, 1.165) is 22.2 Å². The van der Waals surface area contributed by atoms with E-state index in [1.165, 1.54) is 6.33 Å². The summed E-state index contributed by atoms with van der Waals surface area (Å²) < 4.78 is 22.3. The number of phosphoric ester groups is 1. The minimum atomic E-state index is -4.69. The van der Waals surface area contributed by atoms with Crippen molar-refractivity contribution in [3.05, 3.63) is 29.6 Å². The number of ether oxygens (including phenoxy) is 1. The van der Waals surface area contributed by atoms with Crippen molar-refractivity contribution >= 4 is 18.9 Å². The molecule has 0 unspecified atom stereocenters. The Morgan fingerprint density at radius 2 is 1.92 bits per heavy atom. The first-order chi connectivity index (χ1) is 11.2. The summed E-state index contributed by atoms with van der Waals surface area (Å²) in [7, 11) is -4.69. The SMILES string of the molecule is Cc1cc2ncn([C@H]3O[C@H](COP(=O)(O)O)[C@@H](O)[C@H]3O)c2cc1C. The molecule has 1 saturated heterocycles. The van der Waals surface area contributed by atoms with Gasteiger partial charge in [-0.3, -0.25) is 4.52 Å². The van der Waals surface area contributed by atoms with Crippen LogP contribution in [0.3, 0.4) is 0 Å². The van der Waals surface area contributed by atoms with Crippen molar-refractivity contribution in [3.63, 3.8) is 0 Å². The molecule has 0 saturated carbocycles. The first-order valence-electron chi connectivity index (χ1n) is 7.33. The van der Waals surface area contributed by atoms with Gasteiger partial charge in [-0.25, -0.2) is 9.55 Å². The molecule has 0 spiro atoms. The van der Waals surface area contributed by atoms with Crippen molar-refractivity contribution in [3.8, 4) is 0 Å². The first kappa shape index (κ1) is 17.5. The average molecular weight is 358 g/mol. The molecule has 132 valence electrons. The van der Waals surface area contributed by atoms with Crippen molar-refractivity contribution in [2.45, 2.75) is 38.4 Å². The summed E-state index contributed by atoms with van der Waals surface area (Å²) in [6.45, 7) is 3.38. The van der Waals surface area contributed by atoms with Gasteiger partial charge >= 0.3 is 7.82 Å². The van der Waals surface area contributed by atoms with Crippen molar-refractivity contribution in [2.24, 2.45) is 0 Å².